The zero-order chi connectivity index (χ0) is 12.0. The molecule has 0 aromatic carbocycles. The van der Waals surface area contributed by atoms with Crippen molar-refractivity contribution >= 4 is 23.1 Å². The van der Waals surface area contributed by atoms with Crippen LogP contribution in [0.3, 0.4) is 0 Å². The first-order chi connectivity index (χ1) is 7.61. The Balaban J connectivity index is 2.25. The summed E-state index contributed by atoms with van der Waals surface area (Å²) in [6, 6.07) is 4.33. The Hall–Kier alpha value is 0.01000. The normalized spacial score (nSPS) is 13.3. The first-order valence-electron chi connectivity index (χ1n) is 5.95. The highest BCUT2D eigenvalue weighted by molar-refractivity contribution is 7.99. The zero-order valence-corrected chi connectivity index (χ0v) is 12.0. The molecule has 0 amide bonds. The predicted molar refractivity (Wildman–Crippen MR) is 75.6 cm³/mol. The van der Waals surface area contributed by atoms with Crippen LogP contribution >= 0.6 is 23.1 Å². The molecule has 0 saturated heterocycles. The molecule has 1 heterocycles. The monoisotopic (exact) mass is 258 g/mol. The lowest BCUT2D eigenvalue weighted by Crippen LogP contribution is -2.13. The summed E-state index contributed by atoms with van der Waals surface area (Å²) in [4.78, 5) is 2.73. The summed E-state index contributed by atoms with van der Waals surface area (Å²) in [5.41, 5.74) is 0. The Morgan fingerprint density at radius 1 is 1.25 bits per heavy atom. The quantitative estimate of drug-likeness (QED) is 0.806. The third-order valence-corrected chi connectivity index (χ3v) is 5.04. The summed E-state index contributed by atoms with van der Waals surface area (Å²) in [6.45, 7) is 6.60. The van der Waals surface area contributed by atoms with Gasteiger partial charge in [0.25, 0.3) is 0 Å². The summed E-state index contributed by atoms with van der Waals surface area (Å²) >= 11 is 3.69. The number of hydrogen-bond acceptors (Lipinski definition) is 3. The summed E-state index contributed by atoms with van der Waals surface area (Å²) in [6.07, 6.45) is 1.73. The molecule has 0 fully saturated rings. The van der Waals surface area contributed by atoms with Crippen LogP contribution in [-0.4, -0.2) is 22.7 Å². The van der Waals surface area contributed by atoms with Crippen molar-refractivity contribution in [1.82, 2.24) is 0 Å². The minimum absolute atomic E-state index is 0.188. The van der Waals surface area contributed by atoms with E-state index in [1.807, 2.05) is 23.1 Å². The molecule has 16 heavy (non-hydrogen) atoms. The molecular formula is C13H22OS2. The van der Waals surface area contributed by atoms with Gasteiger partial charge in [0.1, 0.15) is 0 Å². The largest absolute Gasteiger partial charge is 0.392 e. The van der Waals surface area contributed by atoms with Crippen molar-refractivity contribution in [2.45, 2.75) is 39.7 Å². The molecule has 0 aliphatic carbocycles. The van der Waals surface area contributed by atoms with Gasteiger partial charge in [-0.1, -0.05) is 20.8 Å². The van der Waals surface area contributed by atoms with E-state index in [0.29, 0.717) is 5.92 Å². The minimum Gasteiger partial charge on any atom is -0.392 e. The molecule has 3 heteroatoms. The van der Waals surface area contributed by atoms with E-state index in [-0.39, 0.29) is 6.10 Å². The molecular weight excluding hydrogens is 236 g/mol. The number of aryl methyl sites for hydroxylation is 1. The number of thioether (sulfide) groups is 1. The maximum absolute atomic E-state index is 9.88. The molecule has 1 atom stereocenters. The van der Waals surface area contributed by atoms with E-state index in [9.17, 15) is 5.11 Å². The number of aliphatic hydroxyl groups is 1. The van der Waals surface area contributed by atoms with Crippen molar-refractivity contribution in [3.8, 4) is 0 Å². The molecule has 0 aliphatic heterocycles. The smallest absolute Gasteiger partial charge is 0.0678 e. The Bertz CT molecular complexity index is 294. The molecule has 1 nitrogen and oxygen atoms in total. The molecule has 1 rings (SSSR count). The molecule has 1 aromatic rings. The van der Waals surface area contributed by atoms with Gasteiger partial charge in [-0.25, -0.2) is 0 Å². The molecule has 0 bridgehead atoms. The fourth-order valence-corrected chi connectivity index (χ4v) is 3.48. The van der Waals surface area contributed by atoms with Crippen LogP contribution in [0.5, 0.6) is 0 Å². The molecule has 0 aliphatic rings. The molecule has 0 spiro atoms. The number of aliphatic hydroxyl groups excluding tert-OH is 1. The van der Waals surface area contributed by atoms with Gasteiger partial charge in [-0.15, -0.1) is 11.3 Å². The first-order valence-corrected chi connectivity index (χ1v) is 7.92. The van der Waals surface area contributed by atoms with Crippen molar-refractivity contribution in [2.75, 3.05) is 11.5 Å². The Morgan fingerprint density at radius 3 is 2.50 bits per heavy atom. The standard InChI is InChI=1S/C13H22OS2/c1-4-12-5-6-13(16-12)7-11(14)9-15-8-10(2)3/h5-6,10-11,14H,4,7-9H2,1-3H3. The van der Waals surface area contributed by atoms with Crippen LogP contribution < -0.4 is 0 Å². The van der Waals surface area contributed by atoms with Gasteiger partial charge in [0, 0.05) is 21.9 Å². The van der Waals surface area contributed by atoms with Crippen molar-refractivity contribution in [3.63, 3.8) is 0 Å². The Morgan fingerprint density at radius 2 is 1.94 bits per heavy atom. The van der Waals surface area contributed by atoms with Crippen LogP contribution in [0.25, 0.3) is 0 Å². The van der Waals surface area contributed by atoms with Gasteiger partial charge in [0.05, 0.1) is 6.10 Å². The topological polar surface area (TPSA) is 20.2 Å². The lowest BCUT2D eigenvalue weighted by atomic mass is 10.2. The highest BCUT2D eigenvalue weighted by Crippen LogP contribution is 2.20. The molecule has 1 unspecified atom stereocenters. The third kappa shape index (κ3) is 5.37. The van der Waals surface area contributed by atoms with E-state index in [4.69, 9.17) is 0 Å². The minimum atomic E-state index is -0.188. The van der Waals surface area contributed by atoms with Crippen LogP contribution in [-0.2, 0) is 12.8 Å². The SMILES string of the molecule is CCc1ccc(CC(O)CSCC(C)C)s1. The van der Waals surface area contributed by atoms with Crippen molar-refractivity contribution in [3.05, 3.63) is 21.9 Å². The highest BCUT2D eigenvalue weighted by atomic mass is 32.2. The van der Waals surface area contributed by atoms with E-state index < -0.39 is 0 Å². The van der Waals surface area contributed by atoms with Gasteiger partial charge in [-0.2, -0.15) is 11.8 Å². The lowest BCUT2D eigenvalue weighted by Gasteiger charge is -2.10. The van der Waals surface area contributed by atoms with E-state index in [2.05, 4.69) is 32.9 Å². The van der Waals surface area contributed by atoms with Gasteiger partial charge in [0.15, 0.2) is 0 Å². The Kier molecular flexibility index (Phi) is 6.47. The molecule has 0 radical (unpaired) electrons. The lowest BCUT2D eigenvalue weighted by molar-refractivity contribution is 0.201. The highest BCUT2D eigenvalue weighted by Gasteiger charge is 2.08. The van der Waals surface area contributed by atoms with Crippen molar-refractivity contribution < 1.29 is 5.11 Å². The van der Waals surface area contributed by atoms with E-state index in [0.717, 1.165) is 24.3 Å². The molecule has 1 N–H and O–H groups in total. The predicted octanol–water partition coefficient (Wildman–Crippen LogP) is 3.60. The van der Waals surface area contributed by atoms with Crippen LogP contribution in [0.15, 0.2) is 12.1 Å². The summed E-state index contributed by atoms with van der Waals surface area (Å²) in [5.74, 6) is 2.71. The average Bonchev–Trinajstić information content (AvgIpc) is 2.65. The van der Waals surface area contributed by atoms with E-state index >= 15 is 0 Å². The first kappa shape index (κ1) is 14.1. The second-order valence-corrected chi connectivity index (χ2v) is 6.84. The van der Waals surface area contributed by atoms with Crippen LogP contribution in [0.2, 0.25) is 0 Å². The fourth-order valence-electron chi connectivity index (χ4n) is 1.45. The molecule has 92 valence electrons. The Labute approximate surface area is 107 Å². The van der Waals surface area contributed by atoms with Crippen molar-refractivity contribution in [1.29, 1.82) is 0 Å². The third-order valence-electron chi connectivity index (χ3n) is 2.26. The summed E-state index contributed by atoms with van der Waals surface area (Å²) in [7, 11) is 0. The van der Waals surface area contributed by atoms with Gasteiger partial charge in [-0.3, -0.25) is 0 Å². The zero-order valence-electron chi connectivity index (χ0n) is 10.4. The van der Waals surface area contributed by atoms with Crippen molar-refractivity contribution in [2.24, 2.45) is 5.92 Å². The maximum atomic E-state index is 9.88. The van der Waals surface area contributed by atoms with Crippen LogP contribution in [0, 0.1) is 5.92 Å². The number of rotatable bonds is 7. The fraction of sp³-hybridized carbons (Fsp3) is 0.692. The number of thiophene rings is 1. The summed E-state index contributed by atoms with van der Waals surface area (Å²) in [5, 5.41) is 9.88. The second kappa shape index (κ2) is 7.36. The van der Waals surface area contributed by atoms with E-state index in [1.165, 1.54) is 9.75 Å². The average molecular weight is 258 g/mol. The maximum Gasteiger partial charge on any atom is 0.0678 e. The van der Waals surface area contributed by atoms with Crippen LogP contribution in [0.1, 0.15) is 30.5 Å². The van der Waals surface area contributed by atoms with Gasteiger partial charge >= 0.3 is 0 Å². The number of hydrogen-bond donors (Lipinski definition) is 1. The molecule has 1 aromatic heterocycles. The van der Waals surface area contributed by atoms with Gasteiger partial charge < -0.3 is 5.11 Å². The second-order valence-electron chi connectivity index (χ2n) is 4.51. The van der Waals surface area contributed by atoms with Crippen LogP contribution in [0.4, 0.5) is 0 Å². The van der Waals surface area contributed by atoms with Gasteiger partial charge in [0.2, 0.25) is 0 Å². The van der Waals surface area contributed by atoms with Gasteiger partial charge in [-0.05, 0) is 30.2 Å². The summed E-state index contributed by atoms with van der Waals surface area (Å²) < 4.78 is 0. The molecule has 0 saturated carbocycles. The van der Waals surface area contributed by atoms with E-state index in [1.54, 1.807) is 0 Å².